The zero-order valence-corrected chi connectivity index (χ0v) is 14.5. The quantitative estimate of drug-likeness (QED) is 0.879. The molecule has 1 aliphatic rings. The molecule has 2 aromatic rings. The van der Waals surface area contributed by atoms with Crippen LogP contribution in [-0.2, 0) is 6.54 Å². The Morgan fingerprint density at radius 2 is 2.08 bits per heavy atom. The molecule has 5 heteroatoms. The van der Waals surface area contributed by atoms with Crippen LogP contribution in [0.3, 0.4) is 0 Å². The lowest BCUT2D eigenvalue weighted by molar-refractivity contribution is 0.102. The Bertz CT molecular complexity index is 686. The van der Waals surface area contributed by atoms with E-state index in [4.69, 9.17) is 0 Å². The fourth-order valence-electron chi connectivity index (χ4n) is 3.07. The first-order valence-corrected chi connectivity index (χ1v) is 8.79. The van der Waals surface area contributed by atoms with Gasteiger partial charge in [0.1, 0.15) is 11.5 Å². The third kappa shape index (κ3) is 4.23. The molecule has 0 saturated carbocycles. The Balaban J connectivity index is 1.63. The largest absolute Gasteiger partial charge is 0.338 e. The molecule has 24 heavy (non-hydrogen) atoms. The number of carbonyl (C=O) groups is 1. The first kappa shape index (κ1) is 16.7. The topological polar surface area (TPSA) is 61.0 Å². The number of hydrogen-bond donors (Lipinski definition) is 2. The van der Waals surface area contributed by atoms with Crippen LogP contribution in [0.4, 0.5) is 5.69 Å². The van der Waals surface area contributed by atoms with Gasteiger partial charge < -0.3 is 10.3 Å². The fourth-order valence-corrected chi connectivity index (χ4v) is 3.07. The smallest absolute Gasteiger partial charge is 0.273 e. The van der Waals surface area contributed by atoms with E-state index in [9.17, 15) is 4.79 Å². The van der Waals surface area contributed by atoms with Gasteiger partial charge in [0.25, 0.3) is 5.91 Å². The molecule has 1 amide bonds. The summed E-state index contributed by atoms with van der Waals surface area (Å²) in [6.45, 7) is 7.38. The molecule has 0 spiro atoms. The molecule has 0 unspecified atom stereocenters. The van der Waals surface area contributed by atoms with Crippen LogP contribution in [0.5, 0.6) is 0 Å². The third-order valence-electron chi connectivity index (χ3n) is 4.43. The number of hydrogen-bond acceptors (Lipinski definition) is 3. The van der Waals surface area contributed by atoms with Crippen LogP contribution in [0.25, 0.3) is 0 Å². The molecule has 2 heterocycles. The van der Waals surface area contributed by atoms with Gasteiger partial charge in [-0.05, 0) is 43.6 Å². The Morgan fingerprint density at radius 1 is 1.29 bits per heavy atom. The second-order valence-electron chi connectivity index (χ2n) is 6.83. The number of nitrogens with one attached hydrogen (secondary N) is 2. The van der Waals surface area contributed by atoms with Gasteiger partial charge in [-0.3, -0.25) is 9.69 Å². The Labute approximate surface area is 143 Å². The van der Waals surface area contributed by atoms with Gasteiger partial charge in [-0.25, -0.2) is 4.98 Å². The zero-order valence-electron chi connectivity index (χ0n) is 14.5. The number of aromatic nitrogens is 2. The van der Waals surface area contributed by atoms with Crippen molar-refractivity contribution in [1.82, 2.24) is 14.9 Å². The minimum absolute atomic E-state index is 0.149. The number of piperidine rings is 1. The second kappa shape index (κ2) is 7.62. The number of carbonyl (C=O) groups excluding carboxylic acids is 1. The molecule has 1 fully saturated rings. The Kier molecular flexibility index (Phi) is 5.30. The maximum atomic E-state index is 12.4. The first-order valence-electron chi connectivity index (χ1n) is 8.79. The van der Waals surface area contributed by atoms with Gasteiger partial charge in [-0.2, -0.15) is 0 Å². The number of amides is 1. The average Bonchev–Trinajstić information content (AvgIpc) is 3.06. The highest BCUT2D eigenvalue weighted by atomic mass is 16.1. The van der Waals surface area contributed by atoms with E-state index in [1.54, 1.807) is 6.20 Å². The second-order valence-corrected chi connectivity index (χ2v) is 6.83. The molecule has 0 aliphatic carbocycles. The third-order valence-corrected chi connectivity index (χ3v) is 4.43. The van der Waals surface area contributed by atoms with Gasteiger partial charge in [0.2, 0.25) is 0 Å². The van der Waals surface area contributed by atoms with Crippen molar-refractivity contribution in [3.8, 4) is 0 Å². The van der Waals surface area contributed by atoms with Gasteiger partial charge in [0.05, 0.1) is 6.20 Å². The van der Waals surface area contributed by atoms with E-state index in [0.717, 1.165) is 18.1 Å². The van der Waals surface area contributed by atoms with E-state index in [-0.39, 0.29) is 11.8 Å². The van der Waals surface area contributed by atoms with Crippen molar-refractivity contribution in [3.63, 3.8) is 0 Å². The molecule has 1 saturated heterocycles. The van der Waals surface area contributed by atoms with Crippen molar-refractivity contribution in [3.05, 3.63) is 47.5 Å². The molecule has 0 radical (unpaired) electrons. The summed E-state index contributed by atoms with van der Waals surface area (Å²) < 4.78 is 0. The summed E-state index contributed by atoms with van der Waals surface area (Å²) in [5.74, 6) is 0.961. The van der Waals surface area contributed by atoms with E-state index in [2.05, 4.69) is 32.3 Å². The summed E-state index contributed by atoms with van der Waals surface area (Å²) in [5.41, 5.74) is 2.57. The van der Waals surface area contributed by atoms with Gasteiger partial charge >= 0.3 is 0 Å². The highest BCUT2D eigenvalue weighted by Gasteiger charge is 2.13. The molecule has 1 aliphatic heterocycles. The number of rotatable bonds is 5. The monoisotopic (exact) mass is 326 g/mol. The van der Waals surface area contributed by atoms with Gasteiger partial charge in [-0.15, -0.1) is 0 Å². The fraction of sp³-hybridized carbons (Fsp3) is 0.474. The lowest BCUT2D eigenvalue weighted by Crippen LogP contribution is -2.29. The summed E-state index contributed by atoms with van der Waals surface area (Å²) in [6.07, 6.45) is 5.51. The van der Waals surface area contributed by atoms with Crippen molar-refractivity contribution in [2.24, 2.45) is 0 Å². The van der Waals surface area contributed by atoms with Crippen LogP contribution < -0.4 is 5.32 Å². The van der Waals surface area contributed by atoms with Gasteiger partial charge in [0, 0.05) is 18.2 Å². The minimum Gasteiger partial charge on any atom is -0.338 e. The number of nitrogens with zero attached hydrogens (tertiary/aromatic N) is 2. The van der Waals surface area contributed by atoms with E-state index >= 15 is 0 Å². The normalized spacial score (nSPS) is 15.6. The number of aromatic amines is 1. The summed E-state index contributed by atoms with van der Waals surface area (Å²) in [4.78, 5) is 22.2. The van der Waals surface area contributed by atoms with E-state index in [1.165, 1.54) is 37.9 Å². The standard InChI is InChI=1S/C19H26N4O/c1-14(2)18-20-12-17(22-18)19(24)21-16-8-6-7-15(11-16)13-23-9-4-3-5-10-23/h6-8,11-12,14H,3-5,9-10,13H2,1-2H3,(H,20,22)(H,21,24). The molecule has 3 rings (SSSR count). The van der Waals surface area contributed by atoms with Crippen LogP contribution >= 0.6 is 0 Å². The predicted molar refractivity (Wildman–Crippen MR) is 96.2 cm³/mol. The summed E-state index contributed by atoms with van der Waals surface area (Å²) in [5, 5.41) is 2.96. The van der Waals surface area contributed by atoms with Crippen LogP contribution in [0.15, 0.2) is 30.5 Å². The van der Waals surface area contributed by atoms with Crippen molar-refractivity contribution >= 4 is 11.6 Å². The highest BCUT2D eigenvalue weighted by Crippen LogP contribution is 2.17. The first-order chi connectivity index (χ1) is 11.6. The van der Waals surface area contributed by atoms with Crippen molar-refractivity contribution in [2.75, 3.05) is 18.4 Å². The van der Waals surface area contributed by atoms with Crippen LogP contribution in [0.1, 0.15) is 60.9 Å². The summed E-state index contributed by atoms with van der Waals surface area (Å²) in [6, 6.07) is 8.11. The maximum Gasteiger partial charge on any atom is 0.273 e. The molecule has 0 atom stereocenters. The SMILES string of the molecule is CC(C)c1ncc(C(=O)Nc2cccc(CN3CCCCC3)c2)[nH]1. The van der Waals surface area contributed by atoms with Crippen molar-refractivity contribution < 1.29 is 4.79 Å². The van der Waals surface area contributed by atoms with Crippen LogP contribution in [0.2, 0.25) is 0 Å². The molecular weight excluding hydrogens is 300 g/mol. The number of benzene rings is 1. The Hall–Kier alpha value is -2.14. The maximum absolute atomic E-state index is 12.4. The van der Waals surface area contributed by atoms with Crippen LogP contribution in [-0.4, -0.2) is 33.9 Å². The molecular formula is C19H26N4O. The molecule has 0 bridgehead atoms. The summed E-state index contributed by atoms with van der Waals surface area (Å²) >= 11 is 0. The lowest BCUT2D eigenvalue weighted by atomic mass is 10.1. The summed E-state index contributed by atoms with van der Waals surface area (Å²) in [7, 11) is 0. The molecule has 128 valence electrons. The van der Waals surface area contributed by atoms with Crippen molar-refractivity contribution in [2.45, 2.75) is 45.6 Å². The number of anilines is 1. The highest BCUT2D eigenvalue weighted by molar-refractivity contribution is 6.02. The predicted octanol–water partition coefficient (Wildman–Crippen LogP) is 3.77. The van der Waals surface area contributed by atoms with Gasteiger partial charge in [0.15, 0.2) is 0 Å². The molecule has 5 nitrogen and oxygen atoms in total. The number of imidazole rings is 1. The number of likely N-dealkylation sites (tertiary alicyclic amines) is 1. The minimum atomic E-state index is -0.149. The van der Waals surface area contributed by atoms with Gasteiger partial charge in [-0.1, -0.05) is 32.4 Å². The van der Waals surface area contributed by atoms with Crippen LogP contribution in [0, 0.1) is 0 Å². The zero-order chi connectivity index (χ0) is 16.9. The number of H-pyrrole nitrogens is 1. The van der Waals surface area contributed by atoms with Crippen molar-refractivity contribution in [1.29, 1.82) is 0 Å². The van der Waals surface area contributed by atoms with E-state index in [1.807, 2.05) is 26.0 Å². The van der Waals surface area contributed by atoms with E-state index in [0.29, 0.717) is 5.69 Å². The molecule has 1 aromatic carbocycles. The Morgan fingerprint density at radius 3 is 2.79 bits per heavy atom. The molecule has 2 N–H and O–H groups in total. The lowest BCUT2D eigenvalue weighted by Gasteiger charge is -2.26. The molecule has 1 aromatic heterocycles. The van der Waals surface area contributed by atoms with E-state index < -0.39 is 0 Å². The average molecular weight is 326 g/mol.